The van der Waals surface area contributed by atoms with Crippen LogP contribution in [-0.4, -0.2) is 55.3 Å². The van der Waals surface area contributed by atoms with E-state index >= 15 is 0 Å². The van der Waals surface area contributed by atoms with Gasteiger partial charge in [-0.1, -0.05) is 18.2 Å². The molecule has 0 amide bonds. The van der Waals surface area contributed by atoms with E-state index in [4.69, 9.17) is 23.8 Å². The van der Waals surface area contributed by atoms with Crippen molar-refractivity contribution in [3.8, 4) is 23.0 Å². The first-order chi connectivity index (χ1) is 19.2. The number of aliphatic hydroxyl groups is 1. The number of rotatable bonds is 12. The van der Waals surface area contributed by atoms with Crippen molar-refractivity contribution in [2.75, 3.05) is 28.4 Å². The summed E-state index contributed by atoms with van der Waals surface area (Å²) in [5, 5.41) is 21.1. The predicted octanol–water partition coefficient (Wildman–Crippen LogP) is 4.58. The number of ether oxygens (including phenoxy) is 4. The van der Waals surface area contributed by atoms with Crippen molar-refractivity contribution < 1.29 is 47.9 Å². The Morgan fingerprint density at radius 3 is 2.25 bits per heavy atom. The van der Waals surface area contributed by atoms with Gasteiger partial charge < -0.3 is 29.2 Å². The average molecular weight is 555 g/mol. The lowest BCUT2D eigenvalue weighted by atomic mass is 9.93. The summed E-state index contributed by atoms with van der Waals surface area (Å²) in [7, 11) is 5.94. The molecule has 3 aromatic carbocycles. The summed E-state index contributed by atoms with van der Waals surface area (Å²) < 4.78 is 36.5. The largest absolute Gasteiger partial charge is 0.505 e. The first-order valence-corrected chi connectivity index (χ1v) is 12.6. The molecule has 2 N–H and O–H groups in total. The molecule has 3 aromatic rings. The molecule has 0 saturated heterocycles. The van der Waals surface area contributed by atoms with Crippen LogP contribution < -0.4 is 14.2 Å². The van der Waals surface area contributed by atoms with Gasteiger partial charge in [0.25, 0.3) is 0 Å². The van der Waals surface area contributed by atoms with Crippen LogP contribution in [0.4, 0.5) is 4.39 Å². The van der Waals surface area contributed by atoms with Crippen molar-refractivity contribution in [3.63, 3.8) is 0 Å². The molecule has 0 bridgehead atoms. The molecule has 0 aromatic heterocycles. The van der Waals surface area contributed by atoms with Gasteiger partial charge in [0.05, 0.1) is 39.4 Å². The Balaban J connectivity index is 1.67. The predicted molar refractivity (Wildman–Crippen MR) is 143 cm³/mol. The smallest absolute Gasteiger partial charge is 0.387 e. The number of carbonyl (C=O) groups excluding carboxylic acids is 1. The van der Waals surface area contributed by atoms with Crippen LogP contribution in [0.5, 0.6) is 23.0 Å². The third-order valence-corrected chi connectivity index (χ3v) is 7.12. The Morgan fingerprint density at radius 2 is 1.62 bits per heavy atom. The summed E-state index contributed by atoms with van der Waals surface area (Å²) in [5.74, 6) is -0.803. The number of benzene rings is 3. The summed E-state index contributed by atoms with van der Waals surface area (Å²) in [6.45, 7) is 0.213. The first-order valence-electron chi connectivity index (χ1n) is 12.6. The molecule has 1 saturated carbocycles. The zero-order chi connectivity index (χ0) is 28.9. The Morgan fingerprint density at radius 1 is 0.950 bits per heavy atom. The van der Waals surface area contributed by atoms with Gasteiger partial charge in [-0.05, 0) is 60.4 Å². The second kappa shape index (κ2) is 12.1. The minimum absolute atomic E-state index is 0.0940. The monoisotopic (exact) mass is 554 g/mol. The van der Waals surface area contributed by atoms with Gasteiger partial charge in [0.2, 0.25) is 6.54 Å². The molecule has 2 atom stereocenters. The van der Waals surface area contributed by atoms with E-state index in [1.165, 1.54) is 37.2 Å². The maximum atomic E-state index is 14.0. The summed E-state index contributed by atoms with van der Waals surface area (Å²) in [6, 6.07) is 16.5. The van der Waals surface area contributed by atoms with E-state index < -0.39 is 28.9 Å². The number of halogens is 1. The number of phenols is 1. The highest BCUT2D eigenvalue weighted by Gasteiger charge is 2.67. The molecule has 1 fully saturated rings. The van der Waals surface area contributed by atoms with Crippen molar-refractivity contribution in [1.29, 1.82) is 0 Å². The summed E-state index contributed by atoms with van der Waals surface area (Å²) in [4.78, 5) is 19.1. The van der Waals surface area contributed by atoms with E-state index in [1.807, 2.05) is 12.1 Å². The average Bonchev–Trinajstić information content (AvgIpc) is 3.71. The van der Waals surface area contributed by atoms with E-state index in [2.05, 4.69) is 0 Å². The van der Waals surface area contributed by atoms with E-state index in [0.29, 0.717) is 28.4 Å². The Bertz CT molecular complexity index is 1390. The van der Waals surface area contributed by atoms with Crippen molar-refractivity contribution in [3.05, 3.63) is 83.2 Å². The number of aromatic hydroxyl groups is 1. The molecule has 9 nitrogen and oxygen atoms in total. The zero-order valence-electron chi connectivity index (χ0n) is 22.8. The molecule has 0 aliphatic heterocycles. The van der Waals surface area contributed by atoms with Crippen LogP contribution in [0.25, 0.3) is 0 Å². The van der Waals surface area contributed by atoms with Gasteiger partial charge in [-0.2, -0.15) is 0 Å². The molecule has 1 unspecified atom stereocenters. The highest BCUT2D eigenvalue weighted by atomic mass is 19.1. The van der Waals surface area contributed by atoms with E-state index in [9.17, 15) is 19.4 Å². The molecular weight excluding hydrogens is 521 g/mol. The lowest BCUT2D eigenvalue weighted by Gasteiger charge is -2.15. The van der Waals surface area contributed by atoms with Gasteiger partial charge in [-0.25, -0.2) is 4.39 Å². The molecule has 4 rings (SSSR count). The van der Waals surface area contributed by atoms with Crippen molar-refractivity contribution in [2.24, 2.45) is 11.3 Å². The number of hydroxylamine groups is 1. The van der Waals surface area contributed by atoms with Crippen LogP contribution in [0, 0.1) is 17.2 Å². The summed E-state index contributed by atoms with van der Waals surface area (Å²) in [6.07, 6.45) is 0.361. The first kappa shape index (κ1) is 28.5. The van der Waals surface area contributed by atoms with E-state index in [-0.39, 0.29) is 31.9 Å². The molecule has 40 heavy (non-hydrogen) atoms. The number of hydrogen-bond acceptors (Lipinski definition) is 7. The normalized spacial score (nSPS) is 18.4. The fourth-order valence-electron chi connectivity index (χ4n) is 4.74. The summed E-state index contributed by atoms with van der Waals surface area (Å²) >= 11 is 0. The number of hydrogen-bond donors (Lipinski definition) is 2. The zero-order valence-corrected chi connectivity index (χ0v) is 22.8. The van der Waals surface area contributed by atoms with Crippen LogP contribution >= 0.6 is 0 Å². The number of methoxy groups -OCH3 is 4. The fraction of sp³-hybridized carbons (Fsp3) is 0.333. The molecule has 212 valence electrons. The topological polar surface area (TPSA) is 107 Å². The van der Waals surface area contributed by atoms with Crippen molar-refractivity contribution in [1.82, 2.24) is 0 Å². The molecule has 1 aliphatic carbocycles. The van der Waals surface area contributed by atoms with Crippen LogP contribution in [0.3, 0.4) is 0 Å². The third-order valence-electron chi connectivity index (χ3n) is 7.12. The lowest BCUT2D eigenvalue weighted by molar-refractivity contribution is -0.809. The van der Waals surface area contributed by atoms with Crippen LogP contribution in [0.1, 0.15) is 23.1 Å². The van der Waals surface area contributed by atoms with Crippen LogP contribution in [-0.2, 0) is 33.9 Å². The van der Waals surface area contributed by atoms with Gasteiger partial charge in [0.1, 0.15) is 23.2 Å². The molecule has 0 radical (unpaired) electrons. The van der Waals surface area contributed by atoms with E-state index in [0.717, 1.165) is 5.56 Å². The maximum absolute atomic E-state index is 14.0. The number of esters is 1. The Kier molecular flexibility index (Phi) is 8.67. The van der Waals surface area contributed by atoms with Crippen molar-refractivity contribution >= 4 is 11.9 Å². The third kappa shape index (κ3) is 6.06. The summed E-state index contributed by atoms with van der Waals surface area (Å²) in [5.41, 5.74) is 0.886. The van der Waals surface area contributed by atoms with Crippen LogP contribution in [0.15, 0.2) is 60.7 Å². The second-order valence-corrected chi connectivity index (χ2v) is 9.56. The van der Waals surface area contributed by atoms with E-state index in [1.54, 1.807) is 44.6 Å². The maximum Gasteiger partial charge on any atom is 0.387 e. The number of aliphatic hydroxyl groups excluding tert-OH is 1. The minimum Gasteiger partial charge on any atom is -0.505 e. The molecule has 10 heteroatoms. The van der Waals surface area contributed by atoms with Gasteiger partial charge in [-0.15, -0.1) is 0 Å². The van der Waals surface area contributed by atoms with Gasteiger partial charge in [0, 0.05) is 10.8 Å². The SMILES string of the molecule is COC(=O)[C@@]1(Cc2ccc(O)c(F)c2)CC1C(O)=[N+](Cc1ccc(OC)cc1OC)OCc1ccc(OC)cc1. The lowest BCUT2D eigenvalue weighted by Crippen LogP contribution is -2.30. The molecule has 0 heterocycles. The molecule has 0 spiro atoms. The highest BCUT2D eigenvalue weighted by Crippen LogP contribution is 2.56. The highest BCUT2D eigenvalue weighted by molar-refractivity contribution is 5.91. The molecular formula is C30H33FNO8+. The Hall–Kier alpha value is -4.47. The quantitative estimate of drug-likeness (QED) is 0.110. The van der Waals surface area contributed by atoms with Gasteiger partial charge >= 0.3 is 11.9 Å². The standard InChI is InChI=1S/C30H32FNO8/c1-36-22-9-5-19(6-10-22)18-40-32(17-21-8-11-23(37-2)14-27(21)38-3)28(34)24-16-30(24,29(35)39-4)15-20-7-12-26(33)25(31)13-20/h5-14,24,33H,15-18H2,1-4H3/p+1/t24?,30-/m0/s1. The Labute approximate surface area is 231 Å². The number of carbonyl (C=O) groups is 1. The number of nitrogens with zero attached hydrogens (tertiary/aromatic N) is 1. The van der Waals surface area contributed by atoms with Gasteiger partial charge in [0.15, 0.2) is 18.2 Å². The van der Waals surface area contributed by atoms with Gasteiger partial charge in [-0.3, -0.25) is 9.63 Å². The second-order valence-electron chi connectivity index (χ2n) is 9.56. The van der Waals surface area contributed by atoms with Crippen LogP contribution in [0.2, 0.25) is 0 Å². The fourth-order valence-corrected chi connectivity index (χ4v) is 4.74. The minimum atomic E-state index is -1.13. The van der Waals surface area contributed by atoms with Crippen molar-refractivity contribution in [2.45, 2.75) is 26.0 Å². The number of phenolic OH excluding ortho intramolecular Hbond substituents is 1. The molecule has 1 aliphatic rings.